The SMILES string of the molecule is Cc1c(Cl)cccc1NC(=O)c1ccc(N2CCN(C(=O)c3ccccc3C(F)(F)F)CC2)nn1. The van der Waals surface area contributed by atoms with Crippen LogP contribution in [0.2, 0.25) is 5.02 Å². The molecule has 3 aromatic rings. The lowest BCUT2D eigenvalue weighted by Crippen LogP contribution is -2.49. The molecule has 0 unspecified atom stereocenters. The Morgan fingerprint density at radius 1 is 0.943 bits per heavy atom. The topological polar surface area (TPSA) is 78.4 Å². The Balaban J connectivity index is 1.38. The molecule has 1 aromatic heterocycles. The van der Waals surface area contributed by atoms with Gasteiger partial charge in [-0.3, -0.25) is 9.59 Å². The normalized spacial score (nSPS) is 14.1. The fourth-order valence-corrected chi connectivity index (χ4v) is 3.94. The molecule has 7 nitrogen and oxygen atoms in total. The Morgan fingerprint density at radius 3 is 2.31 bits per heavy atom. The van der Waals surface area contributed by atoms with Gasteiger partial charge in [-0.2, -0.15) is 13.2 Å². The molecule has 2 aromatic carbocycles. The maximum absolute atomic E-state index is 13.3. The second-order valence-corrected chi connectivity index (χ2v) is 8.37. The molecule has 0 radical (unpaired) electrons. The number of anilines is 2. The summed E-state index contributed by atoms with van der Waals surface area (Å²) in [7, 11) is 0. The number of amides is 2. The highest BCUT2D eigenvalue weighted by Gasteiger charge is 2.36. The van der Waals surface area contributed by atoms with Crippen LogP contribution >= 0.6 is 11.6 Å². The standard InChI is InChI=1S/C24H21ClF3N5O2/c1-15-18(25)7-4-8-19(15)29-22(34)20-9-10-21(31-30-20)32-11-13-33(14-12-32)23(35)16-5-2-3-6-17(16)24(26,27)28/h2-10H,11-14H2,1H3,(H,29,34). The van der Waals surface area contributed by atoms with Gasteiger partial charge < -0.3 is 15.1 Å². The minimum Gasteiger partial charge on any atom is -0.352 e. The number of rotatable bonds is 4. The van der Waals surface area contributed by atoms with E-state index in [1.165, 1.54) is 29.2 Å². The van der Waals surface area contributed by atoms with E-state index in [0.29, 0.717) is 29.6 Å². The molecule has 0 spiro atoms. The molecule has 2 amide bonds. The summed E-state index contributed by atoms with van der Waals surface area (Å²) in [6, 6.07) is 13.1. The molecule has 1 fully saturated rings. The number of nitrogens with zero attached hydrogens (tertiary/aromatic N) is 4. The molecule has 4 rings (SSSR count). The Hall–Kier alpha value is -3.66. The molecule has 0 atom stereocenters. The third kappa shape index (κ3) is 5.37. The number of nitrogens with one attached hydrogen (secondary N) is 1. The summed E-state index contributed by atoms with van der Waals surface area (Å²) in [6.45, 7) is 2.97. The minimum atomic E-state index is -4.61. The lowest BCUT2D eigenvalue weighted by atomic mass is 10.1. The van der Waals surface area contributed by atoms with Crippen LogP contribution in [0.25, 0.3) is 0 Å². The summed E-state index contributed by atoms with van der Waals surface area (Å²) in [4.78, 5) is 28.5. The van der Waals surface area contributed by atoms with E-state index >= 15 is 0 Å². The molecule has 1 N–H and O–H groups in total. The first-order valence-electron chi connectivity index (χ1n) is 10.8. The summed E-state index contributed by atoms with van der Waals surface area (Å²) in [5.74, 6) is -0.594. The van der Waals surface area contributed by atoms with Crippen LogP contribution < -0.4 is 10.2 Å². The van der Waals surface area contributed by atoms with E-state index in [1.807, 2.05) is 4.90 Å². The number of halogens is 4. The first-order valence-corrected chi connectivity index (χ1v) is 11.1. The molecule has 1 saturated heterocycles. The van der Waals surface area contributed by atoms with Crippen LogP contribution in [-0.4, -0.2) is 53.1 Å². The van der Waals surface area contributed by atoms with Gasteiger partial charge in [0, 0.05) is 36.9 Å². The van der Waals surface area contributed by atoms with Gasteiger partial charge in [0.05, 0.1) is 11.1 Å². The first-order chi connectivity index (χ1) is 16.6. The second-order valence-electron chi connectivity index (χ2n) is 7.97. The second kappa shape index (κ2) is 9.91. The molecule has 0 bridgehead atoms. The van der Waals surface area contributed by atoms with Gasteiger partial charge in [0.25, 0.3) is 11.8 Å². The fourth-order valence-electron chi connectivity index (χ4n) is 3.77. The molecule has 0 aliphatic carbocycles. The Labute approximate surface area is 204 Å². The van der Waals surface area contributed by atoms with Gasteiger partial charge in [0.15, 0.2) is 11.5 Å². The number of hydrogen-bond donors (Lipinski definition) is 1. The van der Waals surface area contributed by atoms with Gasteiger partial charge in [-0.05, 0) is 48.9 Å². The predicted molar refractivity (Wildman–Crippen MR) is 126 cm³/mol. The van der Waals surface area contributed by atoms with Crippen molar-refractivity contribution < 1.29 is 22.8 Å². The zero-order chi connectivity index (χ0) is 25.2. The molecule has 0 saturated carbocycles. The summed E-state index contributed by atoms with van der Waals surface area (Å²) in [6.07, 6.45) is -4.61. The number of hydrogen-bond acceptors (Lipinski definition) is 5. The van der Waals surface area contributed by atoms with Crippen LogP contribution in [0.15, 0.2) is 54.6 Å². The van der Waals surface area contributed by atoms with Crippen LogP contribution in [0.1, 0.15) is 32.0 Å². The summed E-state index contributed by atoms with van der Waals surface area (Å²) >= 11 is 6.08. The molecular weight excluding hydrogens is 483 g/mol. The molecule has 182 valence electrons. The van der Waals surface area contributed by atoms with Gasteiger partial charge in [0.1, 0.15) is 0 Å². The molecule has 11 heteroatoms. The van der Waals surface area contributed by atoms with Crippen molar-refractivity contribution in [2.45, 2.75) is 13.1 Å². The van der Waals surface area contributed by atoms with Crippen LogP contribution in [0.5, 0.6) is 0 Å². The Bertz CT molecular complexity index is 1240. The molecule has 35 heavy (non-hydrogen) atoms. The highest BCUT2D eigenvalue weighted by atomic mass is 35.5. The van der Waals surface area contributed by atoms with Crippen molar-refractivity contribution in [3.8, 4) is 0 Å². The predicted octanol–water partition coefficient (Wildman–Crippen LogP) is 4.67. The number of benzene rings is 2. The summed E-state index contributed by atoms with van der Waals surface area (Å²) < 4.78 is 39.8. The quantitative estimate of drug-likeness (QED) is 0.559. The van der Waals surface area contributed by atoms with E-state index in [4.69, 9.17) is 11.6 Å². The van der Waals surface area contributed by atoms with E-state index in [2.05, 4.69) is 15.5 Å². The number of carbonyl (C=O) groups is 2. The number of piperazine rings is 1. The number of carbonyl (C=O) groups excluding carboxylic acids is 2. The maximum Gasteiger partial charge on any atom is 0.417 e. The number of aromatic nitrogens is 2. The lowest BCUT2D eigenvalue weighted by molar-refractivity contribution is -0.138. The molecular formula is C24H21ClF3N5O2. The highest BCUT2D eigenvalue weighted by molar-refractivity contribution is 6.31. The fraction of sp³-hybridized carbons (Fsp3) is 0.250. The minimum absolute atomic E-state index is 0.116. The monoisotopic (exact) mass is 503 g/mol. The first kappa shape index (κ1) is 24.5. The Morgan fingerprint density at radius 2 is 1.66 bits per heavy atom. The zero-order valence-corrected chi connectivity index (χ0v) is 19.4. The van der Waals surface area contributed by atoms with Crippen molar-refractivity contribution >= 4 is 34.9 Å². The average Bonchev–Trinajstić information content (AvgIpc) is 2.86. The van der Waals surface area contributed by atoms with E-state index in [-0.39, 0.29) is 24.3 Å². The van der Waals surface area contributed by atoms with Crippen molar-refractivity contribution in [1.82, 2.24) is 15.1 Å². The van der Waals surface area contributed by atoms with Gasteiger partial charge >= 0.3 is 6.18 Å². The van der Waals surface area contributed by atoms with E-state index < -0.39 is 23.6 Å². The van der Waals surface area contributed by atoms with Crippen LogP contribution in [0.4, 0.5) is 24.7 Å². The molecule has 1 aliphatic rings. The van der Waals surface area contributed by atoms with Crippen LogP contribution in [0, 0.1) is 6.92 Å². The van der Waals surface area contributed by atoms with Gasteiger partial charge in [-0.15, -0.1) is 10.2 Å². The van der Waals surface area contributed by atoms with Crippen molar-refractivity contribution in [1.29, 1.82) is 0 Å². The smallest absolute Gasteiger partial charge is 0.352 e. The molecule has 1 aliphatic heterocycles. The third-order valence-corrected chi connectivity index (χ3v) is 6.16. The summed E-state index contributed by atoms with van der Waals surface area (Å²) in [5, 5.41) is 11.4. The lowest BCUT2D eigenvalue weighted by Gasteiger charge is -2.35. The van der Waals surface area contributed by atoms with Crippen molar-refractivity contribution in [2.75, 3.05) is 36.4 Å². The third-order valence-electron chi connectivity index (χ3n) is 5.75. The largest absolute Gasteiger partial charge is 0.417 e. The van der Waals surface area contributed by atoms with Crippen molar-refractivity contribution in [3.05, 3.63) is 82.0 Å². The van der Waals surface area contributed by atoms with Crippen molar-refractivity contribution in [2.24, 2.45) is 0 Å². The van der Waals surface area contributed by atoms with Gasteiger partial charge in [-0.1, -0.05) is 29.8 Å². The maximum atomic E-state index is 13.3. The van der Waals surface area contributed by atoms with Crippen LogP contribution in [-0.2, 0) is 6.18 Å². The van der Waals surface area contributed by atoms with E-state index in [1.54, 1.807) is 31.2 Å². The highest BCUT2D eigenvalue weighted by Crippen LogP contribution is 2.32. The van der Waals surface area contributed by atoms with E-state index in [9.17, 15) is 22.8 Å². The number of alkyl halides is 3. The van der Waals surface area contributed by atoms with E-state index in [0.717, 1.165) is 11.6 Å². The zero-order valence-electron chi connectivity index (χ0n) is 18.6. The van der Waals surface area contributed by atoms with Crippen molar-refractivity contribution in [3.63, 3.8) is 0 Å². The molecule has 2 heterocycles. The van der Waals surface area contributed by atoms with Crippen LogP contribution in [0.3, 0.4) is 0 Å². The summed E-state index contributed by atoms with van der Waals surface area (Å²) in [5.41, 5.74) is 0.114. The average molecular weight is 504 g/mol. The van der Waals surface area contributed by atoms with Gasteiger partial charge in [0.2, 0.25) is 0 Å². The van der Waals surface area contributed by atoms with Gasteiger partial charge in [-0.25, -0.2) is 0 Å². The Kier molecular flexibility index (Phi) is 6.93.